The van der Waals surface area contributed by atoms with Crippen LogP contribution < -0.4 is 10.9 Å². The third-order valence-corrected chi connectivity index (χ3v) is 5.86. The molecule has 4 aromatic rings. The fraction of sp³-hybridized carbons (Fsp3) is 0.208. The molecule has 32 heavy (non-hydrogen) atoms. The van der Waals surface area contributed by atoms with E-state index in [0.29, 0.717) is 16.1 Å². The molecule has 164 valence electrons. The van der Waals surface area contributed by atoms with E-state index in [1.54, 1.807) is 12.1 Å². The standard InChI is InChI=1S/C24H22ClFN4O2/c1-14-8-9-17(25)12-20(14)30-16(3)15(2)22-23(30)27-13-29(24(22)32)11-10-21(31)28-19-7-5-4-6-18(19)26/h4-9,12-13H,10-11H2,1-3H3,(H,28,31). The van der Waals surface area contributed by atoms with Gasteiger partial charge < -0.3 is 5.32 Å². The molecule has 8 heteroatoms. The molecule has 2 aromatic carbocycles. The Morgan fingerprint density at radius 2 is 1.91 bits per heavy atom. The number of nitrogens with zero attached hydrogens (tertiary/aromatic N) is 3. The van der Waals surface area contributed by atoms with Gasteiger partial charge in [-0.15, -0.1) is 0 Å². The highest BCUT2D eigenvalue weighted by atomic mass is 35.5. The van der Waals surface area contributed by atoms with Crippen LogP contribution in [0, 0.1) is 26.6 Å². The van der Waals surface area contributed by atoms with E-state index in [2.05, 4.69) is 10.3 Å². The van der Waals surface area contributed by atoms with Crippen LogP contribution in [0.5, 0.6) is 0 Å². The minimum Gasteiger partial charge on any atom is -0.324 e. The molecule has 0 fully saturated rings. The van der Waals surface area contributed by atoms with E-state index in [-0.39, 0.29) is 30.1 Å². The maximum Gasteiger partial charge on any atom is 0.263 e. The van der Waals surface area contributed by atoms with E-state index in [0.717, 1.165) is 22.5 Å². The lowest BCUT2D eigenvalue weighted by atomic mass is 10.2. The van der Waals surface area contributed by atoms with Crippen molar-refractivity contribution in [2.75, 3.05) is 5.32 Å². The van der Waals surface area contributed by atoms with Gasteiger partial charge in [-0.25, -0.2) is 9.37 Å². The zero-order valence-corrected chi connectivity index (χ0v) is 18.7. The molecule has 0 aliphatic rings. The Balaban J connectivity index is 1.66. The summed E-state index contributed by atoms with van der Waals surface area (Å²) < 4.78 is 17.1. The first-order valence-electron chi connectivity index (χ1n) is 10.2. The number of carbonyl (C=O) groups is 1. The van der Waals surface area contributed by atoms with Crippen LogP contribution in [0.15, 0.2) is 53.6 Å². The first-order chi connectivity index (χ1) is 15.3. The van der Waals surface area contributed by atoms with E-state index in [9.17, 15) is 14.0 Å². The van der Waals surface area contributed by atoms with Crippen LogP contribution in [0.25, 0.3) is 16.7 Å². The van der Waals surface area contributed by atoms with Gasteiger partial charge in [0.2, 0.25) is 5.91 Å². The van der Waals surface area contributed by atoms with Gasteiger partial charge >= 0.3 is 0 Å². The number of rotatable bonds is 5. The Hall–Kier alpha value is -3.45. The number of para-hydroxylation sites is 1. The van der Waals surface area contributed by atoms with Gasteiger partial charge in [-0.2, -0.15) is 0 Å². The highest BCUT2D eigenvalue weighted by molar-refractivity contribution is 6.30. The first-order valence-corrected chi connectivity index (χ1v) is 10.5. The number of aryl methyl sites for hydroxylation is 3. The van der Waals surface area contributed by atoms with Gasteiger partial charge in [-0.1, -0.05) is 29.8 Å². The molecule has 0 saturated carbocycles. The minimum atomic E-state index is -0.509. The van der Waals surface area contributed by atoms with Gasteiger partial charge in [0.05, 0.1) is 23.1 Å². The number of hydrogen-bond donors (Lipinski definition) is 1. The molecule has 2 aromatic heterocycles. The van der Waals surface area contributed by atoms with Crippen molar-refractivity contribution in [2.45, 2.75) is 33.7 Å². The fourth-order valence-corrected chi connectivity index (χ4v) is 3.93. The minimum absolute atomic E-state index is 0.00751. The summed E-state index contributed by atoms with van der Waals surface area (Å²) in [5.41, 5.74) is 4.01. The monoisotopic (exact) mass is 452 g/mol. The number of carbonyl (C=O) groups excluding carboxylic acids is 1. The number of amides is 1. The van der Waals surface area contributed by atoms with Crippen molar-refractivity contribution in [1.29, 1.82) is 0 Å². The molecule has 0 aliphatic heterocycles. The molecule has 0 atom stereocenters. The molecule has 1 amide bonds. The molecule has 0 saturated heterocycles. The Bertz CT molecular complexity index is 1410. The summed E-state index contributed by atoms with van der Waals surface area (Å²) in [6.07, 6.45) is 1.45. The summed E-state index contributed by atoms with van der Waals surface area (Å²) in [5, 5.41) is 3.62. The van der Waals surface area contributed by atoms with E-state index >= 15 is 0 Å². The van der Waals surface area contributed by atoms with Crippen LogP contribution in [0.4, 0.5) is 10.1 Å². The van der Waals surface area contributed by atoms with Crippen molar-refractivity contribution in [2.24, 2.45) is 0 Å². The zero-order chi connectivity index (χ0) is 23.0. The summed E-state index contributed by atoms with van der Waals surface area (Å²) in [7, 11) is 0. The van der Waals surface area contributed by atoms with Crippen molar-refractivity contribution in [1.82, 2.24) is 14.1 Å². The smallest absolute Gasteiger partial charge is 0.263 e. The number of fused-ring (bicyclic) bond motifs is 1. The highest BCUT2D eigenvalue weighted by Crippen LogP contribution is 2.28. The topological polar surface area (TPSA) is 68.9 Å². The van der Waals surface area contributed by atoms with E-state index in [1.807, 2.05) is 43.5 Å². The number of nitrogens with one attached hydrogen (secondary N) is 1. The lowest BCUT2D eigenvalue weighted by Gasteiger charge is -2.12. The van der Waals surface area contributed by atoms with E-state index < -0.39 is 5.82 Å². The fourth-order valence-electron chi connectivity index (χ4n) is 3.76. The molecule has 4 rings (SSSR count). The Morgan fingerprint density at radius 1 is 1.16 bits per heavy atom. The number of aromatic nitrogens is 3. The Morgan fingerprint density at radius 3 is 2.66 bits per heavy atom. The molecule has 0 unspecified atom stereocenters. The van der Waals surface area contributed by atoms with Gasteiger partial charge in [-0.3, -0.25) is 18.7 Å². The SMILES string of the molecule is Cc1ccc(Cl)cc1-n1c(C)c(C)c2c(=O)n(CCC(=O)Nc3ccccc3F)cnc21. The zero-order valence-electron chi connectivity index (χ0n) is 17.9. The molecule has 2 heterocycles. The predicted molar refractivity (Wildman–Crippen MR) is 124 cm³/mol. The maximum atomic E-state index is 13.7. The van der Waals surface area contributed by atoms with Gasteiger partial charge in [0, 0.05) is 23.7 Å². The van der Waals surface area contributed by atoms with Crippen LogP contribution in [0.1, 0.15) is 23.2 Å². The molecule has 0 spiro atoms. The third-order valence-electron chi connectivity index (χ3n) is 5.62. The second-order valence-electron chi connectivity index (χ2n) is 7.70. The Labute approximate surface area is 189 Å². The number of halogens is 2. The molecule has 0 radical (unpaired) electrons. The third kappa shape index (κ3) is 3.91. The lowest BCUT2D eigenvalue weighted by molar-refractivity contribution is -0.116. The molecule has 0 bridgehead atoms. The summed E-state index contributed by atoms with van der Waals surface area (Å²) in [6.45, 7) is 5.92. The van der Waals surface area contributed by atoms with Crippen LogP contribution in [-0.2, 0) is 11.3 Å². The molecule has 1 N–H and O–H groups in total. The van der Waals surface area contributed by atoms with E-state index in [4.69, 9.17) is 11.6 Å². The predicted octanol–water partition coefficient (Wildman–Crippen LogP) is 4.93. The van der Waals surface area contributed by atoms with Crippen LogP contribution >= 0.6 is 11.6 Å². The van der Waals surface area contributed by atoms with Crippen LogP contribution in [-0.4, -0.2) is 20.0 Å². The first kappa shape index (κ1) is 21.8. The highest BCUT2D eigenvalue weighted by Gasteiger charge is 2.19. The van der Waals surface area contributed by atoms with Crippen molar-refractivity contribution in [3.63, 3.8) is 0 Å². The lowest BCUT2D eigenvalue weighted by Crippen LogP contribution is -2.24. The summed E-state index contributed by atoms with van der Waals surface area (Å²) >= 11 is 6.21. The summed E-state index contributed by atoms with van der Waals surface area (Å²) in [5.74, 6) is -0.896. The van der Waals surface area contributed by atoms with Gasteiger partial charge in [-0.05, 0) is 56.2 Å². The van der Waals surface area contributed by atoms with Gasteiger partial charge in [0.25, 0.3) is 5.56 Å². The summed E-state index contributed by atoms with van der Waals surface area (Å²) in [6, 6.07) is 11.5. The van der Waals surface area contributed by atoms with Gasteiger partial charge in [0.1, 0.15) is 5.82 Å². The molecular formula is C24H22ClFN4O2. The second-order valence-corrected chi connectivity index (χ2v) is 8.13. The van der Waals surface area contributed by atoms with Crippen molar-refractivity contribution in [3.8, 4) is 5.69 Å². The van der Waals surface area contributed by atoms with Crippen molar-refractivity contribution < 1.29 is 9.18 Å². The number of anilines is 1. The number of benzene rings is 2. The normalized spacial score (nSPS) is 11.2. The van der Waals surface area contributed by atoms with Gasteiger partial charge in [0.15, 0.2) is 5.65 Å². The Kier molecular flexibility index (Phi) is 5.84. The van der Waals surface area contributed by atoms with Crippen LogP contribution in [0.3, 0.4) is 0 Å². The quantitative estimate of drug-likeness (QED) is 0.466. The molecular weight excluding hydrogens is 431 g/mol. The van der Waals surface area contributed by atoms with Crippen molar-refractivity contribution >= 4 is 34.2 Å². The van der Waals surface area contributed by atoms with Crippen molar-refractivity contribution in [3.05, 3.63) is 86.8 Å². The molecule has 6 nitrogen and oxygen atoms in total. The largest absolute Gasteiger partial charge is 0.324 e. The molecule has 0 aliphatic carbocycles. The second kappa shape index (κ2) is 8.59. The summed E-state index contributed by atoms with van der Waals surface area (Å²) in [4.78, 5) is 30.0. The van der Waals surface area contributed by atoms with E-state index in [1.165, 1.54) is 23.0 Å². The number of hydrogen-bond acceptors (Lipinski definition) is 3. The maximum absolute atomic E-state index is 13.7. The average molecular weight is 453 g/mol. The van der Waals surface area contributed by atoms with Crippen LogP contribution in [0.2, 0.25) is 5.02 Å². The average Bonchev–Trinajstić information content (AvgIpc) is 3.02.